The van der Waals surface area contributed by atoms with Crippen LogP contribution in [0.5, 0.6) is 0 Å². The second kappa shape index (κ2) is 7.53. The Labute approximate surface area is 150 Å². The first-order valence-corrected chi connectivity index (χ1v) is 8.47. The molecule has 1 fully saturated rings. The van der Waals surface area contributed by atoms with E-state index in [-0.39, 0.29) is 30.3 Å². The smallest absolute Gasteiger partial charge is 0.250 e. The van der Waals surface area contributed by atoms with Crippen LogP contribution in [0.3, 0.4) is 0 Å². The van der Waals surface area contributed by atoms with Gasteiger partial charge in [-0.1, -0.05) is 17.7 Å². The zero-order valence-electron chi connectivity index (χ0n) is 13.6. The number of pyridine rings is 1. The fraction of sp³-hybridized carbons (Fsp3) is 0.278. The van der Waals surface area contributed by atoms with Gasteiger partial charge in [-0.2, -0.15) is 0 Å². The quantitative estimate of drug-likeness (QED) is 0.892. The van der Waals surface area contributed by atoms with Crippen molar-refractivity contribution in [1.29, 1.82) is 0 Å². The van der Waals surface area contributed by atoms with E-state index in [1.165, 1.54) is 10.6 Å². The van der Waals surface area contributed by atoms with Crippen molar-refractivity contribution in [3.05, 3.63) is 58.0 Å². The lowest BCUT2D eigenvalue weighted by Crippen LogP contribution is -2.24. The SMILES string of the molecule is O=C(CCn1ccccc1=O)Nc1cc(N2CCCC2=O)ccc1Cl. The minimum Gasteiger partial charge on any atom is -0.325 e. The van der Waals surface area contributed by atoms with E-state index in [0.717, 1.165) is 12.1 Å². The Morgan fingerprint density at radius 3 is 2.76 bits per heavy atom. The summed E-state index contributed by atoms with van der Waals surface area (Å²) >= 11 is 6.15. The van der Waals surface area contributed by atoms with Gasteiger partial charge in [-0.05, 0) is 30.7 Å². The molecular formula is C18H18ClN3O3. The van der Waals surface area contributed by atoms with Gasteiger partial charge in [0.25, 0.3) is 5.56 Å². The Bertz CT molecular complexity index is 863. The average molecular weight is 360 g/mol. The summed E-state index contributed by atoms with van der Waals surface area (Å²) in [6.07, 6.45) is 3.15. The van der Waals surface area contributed by atoms with Crippen molar-refractivity contribution in [3.8, 4) is 0 Å². The summed E-state index contributed by atoms with van der Waals surface area (Å²) in [6.45, 7) is 0.957. The van der Waals surface area contributed by atoms with Crippen molar-refractivity contribution in [2.45, 2.75) is 25.8 Å². The Kier molecular flexibility index (Phi) is 5.19. The highest BCUT2D eigenvalue weighted by Gasteiger charge is 2.22. The van der Waals surface area contributed by atoms with E-state index in [1.54, 1.807) is 41.4 Å². The number of carbonyl (C=O) groups excluding carboxylic acids is 2. The molecule has 0 saturated carbocycles. The molecule has 2 amide bonds. The number of aryl methyl sites for hydroxylation is 1. The molecule has 0 bridgehead atoms. The van der Waals surface area contributed by atoms with Gasteiger partial charge in [0, 0.05) is 43.9 Å². The van der Waals surface area contributed by atoms with Crippen LogP contribution in [0.25, 0.3) is 0 Å². The number of benzene rings is 1. The monoisotopic (exact) mass is 359 g/mol. The van der Waals surface area contributed by atoms with E-state index in [4.69, 9.17) is 11.6 Å². The van der Waals surface area contributed by atoms with Gasteiger partial charge in [-0.25, -0.2) is 0 Å². The lowest BCUT2D eigenvalue weighted by molar-refractivity contribution is -0.117. The van der Waals surface area contributed by atoms with Crippen LogP contribution in [0.15, 0.2) is 47.4 Å². The molecule has 3 rings (SSSR count). The van der Waals surface area contributed by atoms with Crippen LogP contribution in [0.2, 0.25) is 5.02 Å². The molecule has 1 N–H and O–H groups in total. The van der Waals surface area contributed by atoms with Crippen LogP contribution in [0, 0.1) is 0 Å². The van der Waals surface area contributed by atoms with Gasteiger partial charge < -0.3 is 14.8 Å². The number of hydrogen-bond acceptors (Lipinski definition) is 3. The number of nitrogens with zero attached hydrogens (tertiary/aromatic N) is 2. The Hall–Kier alpha value is -2.60. The molecule has 130 valence electrons. The highest BCUT2D eigenvalue weighted by Crippen LogP contribution is 2.30. The second-order valence-corrected chi connectivity index (χ2v) is 6.25. The van der Waals surface area contributed by atoms with Crippen molar-refractivity contribution in [2.24, 2.45) is 0 Å². The van der Waals surface area contributed by atoms with Gasteiger partial charge in [0.05, 0.1) is 10.7 Å². The summed E-state index contributed by atoms with van der Waals surface area (Å²) in [5, 5.41) is 3.16. The Morgan fingerprint density at radius 1 is 1.20 bits per heavy atom. The van der Waals surface area contributed by atoms with Crippen LogP contribution in [0.4, 0.5) is 11.4 Å². The van der Waals surface area contributed by atoms with Crippen LogP contribution < -0.4 is 15.8 Å². The molecule has 0 aliphatic carbocycles. The molecule has 7 heteroatoms. The number of carbonyl (C=O) groups is 2. The predicted molar refractivity (Wildman–Crippen MR) is 97.0 cm³/mol. The van der Waals surface area contributed by atoms with Gasteiger partial charge in [0.2, 0.25) is 11.8 Å². The maximum Gasteiger partial charge on any atom is 0.250 e. The van der Waals surface area contributed by atoms with Crippen molar-refractivity contribution in [1.82, 2.24) is 4.57 Å². The van der Waals surface area contributed by atoms with Crippen molar-refractivity contribution in [3.63, 3.8) is 0 Å². The number of amides is 2. The van der Waals surface area contributed by atoms with Crippen molar-refractivity contribution < 1.29 is 9.59 Å². The first-order chi connectivity index (χ1) is 12.0. The van der Waals surface area contributed by atoms with Gasteiger partial charge in [0.1, 0.15) is 0 Å². The molecule has 6 nitrogen and oxygen atoms in total. The molecule has 0 atom stereocenters. The number of rotatable bonds is 5. The van der Waals surface area contributed by atoms with Crippen molar-refractivity contribution in [2.75, 3.05) is 16.8 Å². The molecule has 1 saturated heterocycles. The molecule has 0 spiro atoms. The predicted octanol–water partition coefficient (Wildman–Crippen LogP) is 2.66. The third kappa shape index (κ3) is 4.09. The number of aromatic nitrogens is 1. The largest absolute Gasteiger partial charge is 0.325 e. The van der Waals surface area contributed by atoms with E-state index < -0.39 is 0 Å². The zero-order valence-corrected chi connectivity index (χ0v) is 14.3. The second-order valence-electron chi connectivity index (χ2n) is 5.84. The van der Waals surface area contributed by atoms with E-state index in [9.17, 15) is 14.4 Å². The third-order valence-electron chi connectivity index (χ3n) is 4.09. The molecule has 0 unspecified atom stereocenters. The molecule has 1 aliphatic heterocycles. The molecule has 25 heavy (non-hydrogen) atoms. The molecule has 0 radical (unpaired) electrons. The molecular weight excluding hydrogens is 342 g/mol. The summed E-state index contributed by atoms with van der Waals surface area (Å²) in [7, 11) is 0. The van der Waals surface area contributed by atoms with Gasteiger partial charge >= 0.3 is 0 Å². The van der Waals surface area contributed by atoms with E-state index >= 15 is 0 Å². The first-order valence-electron chi connectivity index (χ1n) is 8.10. The minimum absolute atomic E-state index is 0.0723. The minimum atomic E-state index is -0.248. The Morgan fingerprint density at radius 2 is 2.04 bits per heavy atom. The van der Waals surface area contributed by atoms with Gasteiger partial charge in [0.15, 0.2) is 0 Å². The normalized spacial score (nSPS) is 14.0. The van der Waals surface area contributed by atoms with Crippen LogP contribution in [0.1, 0.15) is 19.3 Å². The van der Waals surface area contributed by atoms with Crippen LogP contribution in [-0.4, -0.2) is 22.9 Å². The summed E-state index contributed by atoms with van der Waals surface area (Å²) in [4.78, 5) is 37.4. The van der Waals surface area contributed by atoms with E-state index in [1.807, 2.05) is 0 Å². The standard InChI is InChI=1S/C18H18ClN3O3/c19-14-7-6-13(22-10-3-5-18(22)25)12-15(14)20-16(23)8-11-21-9-2-1-4-17(21)24/h1-2,4,6-7,9,12H,3,5,8,10-11H2,(H,20,23). The topological polar surface area (TPSA) is 71.4 Å². The van der Waals surface area contributed by atoms with E-state index in [0.29, 0.717) is 23.7 Å². The fourth-order valence-corrected chi connectivity index (χ4v) is 2.94. The summed E-state index contributed by atoms with van der Waals surface area (Å²) in [6, 6.07) is 9.99. The fourth-order valence-electron chi connectivity index (χ4n) is 2.78. The van der Waals surface area contributed by atoms with Gasteiger partial charge in [-0.3, -0.25) is 14.4 Å². The zero-order chi connectivity index (χ0) is 17.8. The third-order valence-corrected chi connectivity index (χ3v) is 4.42. The maximum absolute atomic E-state index is 12.2. The maximum atomic E-state index is 12.2. The summed E-state index contributed by atoms with van der Waals surface area (Å²) in [5.74, 6) is -0.175. The lowest BCUT2D eigenvalue weighted by atomic mass is 10.2. The number of halogens is 1. The number of hydrogen-bond donors (Lipinski definition) is 1. The molecule has 2 heterocycles. The molecule has 1 aromatic heterocycles. The highest BCUT2D eigenvalue weighted by atomic mass is 35.5. The first kappa shape index (κ1) is 17.2. The van der Waals surface area contributed by atoms with Crippen LogP contribution in [-0.2, 0) is 16.1 Å². The summed E-state index contributed by atoms with van der Waals surface area (Å²) in [5.41, 5.74) is 1.04. The number of anilines is 2. The molecule has 2 aromatic rings. The Balaban J connectivity index is 1.67. The molecule has 1 aromatic carbocycles. The lowest BCUT2D eigenvalue weighted by Gasteiger charge is -2.17. The average Bonchev–Trinajstić information content (AvgIpc) is 3.02. The van der Waals surface area contributed by atoms with Crippen LogP contribution >= 0.6 is 11.6 Å². The van der Waals surface area contributed by atoms with Gasteiger partial charge in [-0.15, -0.1) is 0 Å². The summed E-state index contributed by atoms with van der Waals surface area (Å²) < 4.78 is 1.47. The molecule has 1 aliphatic rings. The number of nitrogens with one attached hydrogen (secondary N) is 1. The van der Waals surface area contributed by atoms with E-state index in [2.05, 4.69) is 5.32 Å². The highest BCUT2D eigenvalue weighted by molar-refractivity contribution is 6.33. The van der Waals surface area contributed by atoms with Crippen molar-refractivity contribution >= 4 is 34.8 Å².